The monoisotopic (exact) mass is 158 g/mol. The van der Waals surface area contributed by atoms with Crippen molar-refractivity contribution in [1.29, 1.82) is 0 Å². The largest absolute Gasteiger partial charge is 0.0795 e. The molecule has 1 aliphatic rings. The van der Waals surface area contributed by atoms with Crippen LogP contribution in [0.1, 0.15) is 29.2 Å². The Bertz CT molecular complexity index is 331. The van der Waals surface area contributed by atoms with Gasteiger partial charge in [0.25, 0.3) is 0 Å². The smallest absolute Gasteiger partial charge is 0.00881 e. The summed E-state index contributed by atoms with van der Waals surface area (Å²) in [6.07, 6.45) is 6.74. The average molecular weight is 158 g/mol. The van der Waals surface area contributed by atoms with E-state index in [1.807, 2.05) is 0 Å². The van der Waals surface area contributed by atoms with Crippen molar-refractivity contribution in [2.45, 2.75) is 26.7 Å². The maximum Gasteiger partial charge on any atom is -0.00881 e. The molecule has 1 aromatic rings. The number of hydrogen-bond acceptors (Lipinski definition) is 0. The molecule has 2 rings (SSSR count). The predicted molar refractivity (Wildman–Crippen MR) is 53.3 cm³/mol. The molecule has 1 aliphatic carbocycles. The molecule has 0 spiro atoms. The van der Waals surface area contributed by atoms with Crippen LogP contribution in [0.3, 0.4) is 0 Å². The van der Waals surface area contributed by atoms with Crippen molar-refractivity contribution in [3.05, 3.63) is 40.5 Å². The Morgan fingerprint density at radius 1 is 1.33 bits per heavy atom. The lowest BCUT2D eigenvalue weighted by atomic mass is 9.99. The summed E-state index contributed by atoms with van der Waals surface area (Å²) in [6, 6.07) is 4.66. The van der Waals surface area contributed by atoms with Gasteiger partial charge in [0.15, 0.2) is 0 Å². The van der Waals surface area contributed by atoms with E-state index in [1.54, 1.807) is 0 Å². The third-order valence-electron chi connectivity index (χ3n) is 2.61. The van der Waals surface area contributed by atoms with Crippen LogP contribution in [0.5, 0.6) is 0 Å². The van der Waals surface area contributed by atoms with Gasteiger partial charge in [-0.3, -0.25) is 0 Å². The van der Waals surface area contributed by atoms with E-state index in [1.165, 1.54) is 22.3 Å². The van der Waals surface area contributed by atoms with Gasteiger partial charge in [-0.1, -0.05) is 31.2 Å². The maximum atomic E-state index is 2.35. The van der Waals surface area contributed by atoms with Crippen LogP contribution in [0.4, 0.5) is 0 Å². The van der Waals surface area contributed by atoms with Crippen LogP contribution < -0.4 is 0 Å². The third-order valence-corrected chi connectivity index (χ3v) is 2.61. The number of hydrogen-bond donors (Lipinski definition) is 0. The molecule has 12 heavy (non-hydrogen) atoms. The zero-order chi connectivity index (χ0) is 8.55. The zero-order valence-corrected chi connectivity index (χ0v) is 7.72. The number of aryl methyl sites for hydroxylation is 2. The highest BCUT2D eigenvalue weighted by atomic mass is 14.1. The van der Waals surface area contributed by atoms with E-state index in [0.29, 0.717) is 0 Å². The first-order valence-electron chi connectivity index (χ1n) is 4.60. The van der Waals surface area contributed by atoms with Gasteiger partial charge < -0.3 is 0 Å². The van der Waals surface area contributed by atoms with Gasteiger partial charge in [0.2, 0.25) is 0 Å². The Morgan fingerprint density at radius 3 is 2.92 bits per heavy atom. The van der Waals surface area contributed by atoms with Gasteiger partial charge >= 0.3 is 0 Å². The molecule has 0 aromatic heterocycles. The number of fused-ring (bicyclic) bond motifs is 1. The summed E-state index contributed by atoms with van der Waals surface area (Å²) in [7, 11) is 0. The summed E-state index contributed by atoms with van der Waals surface area (Å²) in [5, 5.41) is 0. The van der Waals surface area contributed by atoms with Crippen LogP contribution in [-0.4, -0.2) is 0 Å². The second-order valence-corrected chi connectivity index (χ2v) is 3.44. The molecule has 62 valence electrons. The Balaban J connectivity index is 2.54. The molecule has 0 heteroatoms. The lowest BCUT2D eigenvalue weighted by Crippen LogP contribution is -1.90. The van der Waals surface area contributed by atoms with Crippen LogP contribution >= 0.6 is 0 Å². The summed E-state index contributed by atoms with van der Waals surface area (Å²) >= 11 is 0. The summed E-state index contributed by atoms with van der Waals surface area (Å²) in [6.45, 7) is 4.42. The molecule has 0 N–H and O–H groups in total. The summed E-state index contributed by atoms with van der Waals surface area (Å²) in [4.78, 5) is 0. The summed E-state index contributed by atoms with van der Waals surface area (Å²) in [5.74, 6) is 0. The molecule has 0 saturated heterocycles. The van der Waals surface area contributed by atoms with E-state index in [2.05, 4.69) is 38.1 Å². The maximum absolute atomic E-state index is 2.35. The van der Waals surface area contributed by atoms with Crippen molar-refractivity contribution in [2.75, 3.05) is 0 Å². The van der Waals surface area contributed by atoms with Crippen LogP contribution in [0, 0.1) is 6.92 Å². The minimum Gasteiger partial charge on any atom is -0.0795 e. The van der Waals surface area contributed by atoms with Crippen molar-refractivity contribution in [2.24, 2.45) is 0 Å². The Morgan fingerprint density at radius 2 is 2.17 bits per heavy atom. The van der Waals surface area contributed by atoms with Crippen LogP contribution in [0.2, 0.25) is 0 Å². The molecule has 0 bridgehead atoms. The quantitative estimate of drug-likeness (QED) is 0.589. The fourth-order valence-electron chi connectivity index (χ4n) is 1.85. The van der Waals surface area contributed by atoms with Crippen LogP contribution in [0.25, 0.3) is 6.08 Å². The van der Waals surface area contributed by atoms with Gasteiger partial charge in [-0.05, 0) is 42.0 Å². The summed E-state index contributed by atoms with van der Waals surface area (Å²) in [5.41, 5.74) is 5.85. The van der Waals surface area contributed by atoms with E-state index >= 15 is 0 Å². The standard InChI is InChI=1S/C12H14/c1-3-10-8-12-6-4-5-11(12)7-9(10)2/h4-5,7-8H,3,6H2,1-2H3. The van der Waals surface area contributed by atoms with Gasteiger partial charge in [0.1, 0.15) is 0 Å². The lowest BCUT2D eigenvalue weighted by molar-refractivity contribution is 1.09. The first-order chi connectivity index (χ1) is 5.81. The van der Waals surface area contributed by atoms with Gasteiger partial charge in [0, 0.05) is 0 Å². The Labute approximate surface area is 73.9 Å². The lowest BCUT2D eigenvalue weighted by Gasteiger charge is -2.06. The molecule has 0 radical (unpaired) electrons. The SMILES string of the molecule is CCc1cc2c(cc1C)C=CC2. The first kappa shape index (κ1) is 7.60. The highest BCUT2D eigenvalue weighted by Crippen LogP contribution is 2.23. The average Bonchev–Trinajstić information content (AvgIpc) is 2.49. The highest BCUT2D eigenvalue weighted by molar-refractivity contribution is 5.61. The fourth-order valence-corrected chi connectivity index (χ4v) is 1.85. The Hall–Kier alpha value is -1.04. The predicted octanol–water partition coefficient (Wildman–Crippen LogP) is 3.13. The van der Waals surface area contributed by atoms with E-state index < -0.39 is 0 Å². The van der Waals surface area contributed by atoms with Crippen molar-refractivity contribution in [1.82, 2.24) is 0 Å². The van der Waals surface area contributed by atoms with Gasteiger partial charge in [-0.15, -0.1) is 0 Å². The van der Waals surface area contributed by atoms with E-state index in [9.17, 15) is 0 Å². The normalized spacial score (nSPS) is 13.5. The zero-order valence-electron chi connectivity index (χ0n) is 7.72. The van der Waals surface area contributed by atoms with Crippen LogP contribution in [-0.2, 0) is 12.8 Å². The molecule has 0 fully saturated rings. The molecule has 0 aliphatic heterocycles. The van der Waals surface area contributed by atoms with Gasteiger partial charge in [-0.2, -0.15) is 0 Å². The number of rotatable bonds is 1. The van der Waals surface area contributed by atoms with E-state index in [0.717, 1.165) is 12.8 Å². The molecule has 0 heterocycles. The minimum absolute atomic E-state index is 1.13. The van der Waals surface area contributed by atoms with E-state index in [-0.39, 0.29) is 0 Å². The third kappa shape index (κ3) is 1.08. The van der Waals surface area contributed by atoms with Crippen molar-refractivity contribution in [3.63, 3.8) is 0 Å². The molecule has 0 unspecified atom stereocenters. The molecular formula is C12H14. The fraction of sp³-hybridized carbons (Fsp3) is 0.333. The molecule has 0 atom stereocenters. The molecule has 0 saturated carbocycles. The first-order valence-corrected chi connectivity index (χ1v) is 4.60. The van der Waals surface area contributed by atoms with Crippen molar-refractivity contribution in [3.8, 4) is 0 Å². The molecular weight excluding hydrogens is 144 g/mol. The summed E-state index contributed by atoms with van der Waals surface area (Å²) < 4.78 is 0. The highest BCUT2D eigenvalue weighted by Gasteiger charge is 2.06. The van der Waals surface area contributed by atoms with Crippen molar-refractivity contribution < 1.29 is 0 Å². The number of allylic oxidation sites excluding steroid dienone is 1. The minimum atomic E-state index is 1.13. The van der Waals surface area contributed by atoms with Gasteiger partial charge in [-0.25, -0.2) is 0 Å². The topological polar surface area (TPSA) is 0 Å². The molecule has 1 aromatic carbocycles. The van der Waals surface area contributed by atoms with Crippen LogP contribution in [0.15, 0.2) is 18.2 Å². The van der Waals surface area contributed by atoms with Gasteiger partial charge in [0.05, 0.1) is 0 Å². The second kappa shape index (κ2) is 2.78. The number of benzene rings is 1. The Kier molecular flexibility index (Phi) is 1.76. The van der Waals surface area contributed by atoms with E-state index in [4.69, 9.17) is 0 Å². The molecule has 0 amide bonds. The molecule has 0 nitrogen and oxygen atoms in total. The second-order valence-electron chi connectivity index (χ2n) is 3.44. The van der Waals surface area contributed by atoms with Crippen molar-refractivity contribution >= 4 is 6.08 Å².